The Hall–Kier alpha value is -1.46. The Kier molecular flexibility index (Phi) is 3.95. The van der Waals surface area contributed by atoms with Crippen LogP contribution in [0.1, 0.15) is 19.8 Å². The second kappa shape index (κ2) is 5.73. The predicted molar refractivity (Wildman–Crippen MR) is 81.3 cm³/mol. The van der Waals surface area contributed by atoms with Crippen molar-refractivity contribution in [1.82, 2.24) is 5.32 Å². The van der Waals surface area contributed by atoms with Gasteiger partial charge in [0.1, 0.15) is 13.2 Å². The zero-order chi connectivity index (χ0) is 14.9. The molecule has 2 aliphatic rings. The monoisotopic (exact) mass is 310 g/mol. The van der Waals surface area contributed by atoms with E-state index in [1.165, 1.54) is 0 Å². The minimum absolute atomic E-state index is 0.0201. The van der Waals surface area contributed by atoms with Crippen LogP contribution in [0.2, 0.25) is 5.02 Å². The number of halogens is 1. The number of carbonyl (C=O) groups excluding carboxylic acids is 1. The van der Waals surface area contributed by atoms with Crippen molar-refractivity contribution in [2.75, 3.05) is 31.6 Å². The van der Waals surface area contributed by atoms with Crippen molar-refractivity contribution in [2.24, 2.45) is 5.41 Å². The lowest BCUT2D eigenvalue weighted by molar-refractivity contribution is -0.125. The molecule has 2 heterocycles. The number of anilines is 1. The summed E-state index contributed by atoms with van der Waals surface area (Å²) in [5.41, 5.74) is 0.159. The summed E-state index contributed by atoms with van der Waals surface area (Å²) in [6.45, 7) is 4.64. The first-order valence-electron chi connectivity index (χ1n) is 7.20. The molecule has 2 N–H and O–H groups in total. The van der Waals surface area contributed by atoms with Gasteiger partial charge >= 0.3 is 0 Å². The standard InChI is InChI=1S/C15H19ClN2O3/c1-15(3-2-4-17-9-15)14(19)18-11-8-13-12(7-10(11)16)20-5-6-21-13/h7-8,17H,2-6,9H2,1H3,(H,18,19). The number of hydrogen-bond acceptors (Lipinski definition) is 4. The average molecular weight is 311 g/mol. The highest BCUT2D eigenvalue weighted by molar-refractivity contribution is 6.34. The predicted octanol–water partition coefficient (Wildman–Crippen LogP) is 2.44. The van der Waals surface area contributed by atoms with Crippen LogP contribution in [0.3, 0.4) is 0 Å². The van der Waals surface area contributed by atoms with Gasteiger partial charge < -0.3 is 20.1 Å². The summed E-state index contributed by atoms with van der Waals surface area (Å²) in [6.07, 6.45) is 1.87. The number of fused-ring (bicyclic) bond motifs is 1. The van der Waals surface area contributed by atoms with Crippen LogP contribution in [-0.4, -0.2) is 32.2 Å². The molecule has 0 radical (unpaired) electrons. The van der Waals surface area contributed by atoms with E-state index in [1.807, 2.05) is 6.92 Å². The number of carbonyl (C=O) groups is 1. The Morgan fingerprint density at radius 1 is 1.33 bits per heavy atom. The molecule has 0 spiro atoms. The van der Waals surface area contributed by atoms with Gasteiger partial charge in [0.25, 0.3) is 0 Å². The number of ether oxygens (including phenoxy) is 2. The van der Waals surface area contributed by atoms with Gasteiger partial charge in [-0.1, -0.05) is 11.6 Å². The molecule has 114 valence electrons. The highest BCUT2D eigenvalue weighted by Crippen LogP contribution is 2.38. The molecule has 6 heteroatoms. The number of benzene rings is 1. The van der Waals surface area contributed by atoms with Crippen molar-refractivity contribution in [3.8, 4) is 11.5 Å². The van der Waals surface area contributed by atoms with Crippen LogP contribution >= 0.6 is 11.6 Å². The fraction of sp³-hybridized carbons (Fsp3) is 0.533. The van der Waals surface area contributed by atoms with Crippen molar-refractivity contribution in [3.63, 3.8) is 0 Å². The van der Waals surface area contributed by atoms with E-state index in [4.69, 9.17) is 21.1 Å². The van der Waals surface area contributed by atoms with Crippen molar-refractivity contribution < 1.29 is 14.3 Å². The number of amides is 1. The molecule has 5 nitrogen and oxygen atoms in total. The first kappa shape index (κ1) is 14.5. The Morgan fingerprint density at radius 3 is 2.71 bits per heavy atom. The van der Waals surface area contributed by atoms with E-state index < -0.39 is 5.41 Å². The van der Waals surface area contributed by atoms with Gasteiger partial charge in [-0.25, -0.2) is 0 Å². The Bertz CT molecular complexity index is 556. The summed E-state index contributed by atoms with van der Waals surface area (Å²) in [5, 5.41) is 6.65. The molecular weight excluding hydrogens is 292 g/mol. The van der Waals surface area contributed by atoms with Gasteiger partial charge in [0.2, 0.25) is 5.91 Å². The molecule has 21 heavy (non-hydrogen) atoms. The summed E-state index contributed by atoms with van der Waals surface area (Å²) in [5.74, 6) is 1.22. The van der Waals surface area contributed by atoms with Gasteiger partial charge in [0.05, 0.1) is 16.1 Å². The quantitative estimate of drug-likeness (QED) is 0.881. The second-order valence-electron chi connectivity index (χ2n) is 5.77. The highest BCUT2D eigenvalue weighted by Gasteiger charge is 2.35. The Labute approximate surface area is 128 Å². The van der Waals surface area contributed by atoms with E-state index >= 15 is 0 Å². The summed E-state index contributed by atoms with van der Waals surface area (Å²) >= 11 is 6.22. The third kappa shape index (κ3) is 2.94. The second-order valence-corrected chi connectivity index (χ2v) is 6.18. The lowest BCUT2D eigenvalue weighted by Gasteiger charge is -2.32. The van der Waals surface area contributed by atoms with Crippen LogP contribution in [0, 0.1) is 5.41 Å². The molecule has 1 amide bonds. The summed E-state index contributed by atoms with van der Waals surface area (Å²) in [7, 11) is 0. The van der Waals surface area contributed by atoms with Gasteiger partial charge in [-0.05, 0) is 26.3 Å². The SMILES string of the molecule is CC1(C(=O)Nc2cc3c(cc2Cl)OCCO3)CCCNC1. The minimum atomic E-state index is -0.408. The van der Waals surface area contributed by atoms with E-state index in [0.29, 0.717) is 42.0 Å². The van der Waals surface area contributed by atoms with Gasteiger partial charge in [0.15, 0.2) is 11.5 Å². The zero-order valence-corrected chi connectivity index (χ0v) is 12.8. The molecular formula is C15H19ClN2O3. The van der Waals surface area contributed by atoms with Gasteiger partial charge in [-0.3, -0.25) is 4.79 Å². The topological polar surface area (TPSA) is 59.6 Å². The minimum Gasteiger partial charge on any atom is -0.486 e. The van der Waals surface area contributed by atoms with E-state index in [0.717, 1.165) is 19.4 Å². The molecule has 1 saturated heterocycles. The molecule has 2 aliphatic heterocycles. The Balaban J connectivity index is 1.79. The first-order chi connectivity index (χ1) is 10.1. The molecule has 1 unspecified atom stereocenters. The fourth-order valence-corrected chi connectivity index (χ4v) is 2.88. The molecule has 0 aliphatic carbocycles. The maximum Gasteiger partial charge on any atom is 0.231 e. The lowest BCUT2D eigenvalue weighted by Crippen LogP contribution is -2.46. The molecule has 1 aromatic rings. The zero-order valence-electron chi connectivity index (χ0n) is 12.0. The maximum absolute atomic E-state index is 12.5. The molecule has 1 atom stereocenters. The fourth-order valence-electron chi connectivity index (χ4n) is 2.68. The highest BCUT2D eigenvalue weighted by atomic mass is 35.5. The normalized spacial score (nSPS) is 24.5. The van der Waals surface area contributed by atoms with Crippen molar-refractivity contribution in [2.45, 2.75) is 19.8 Å². The molecule has 3 rings (SSSR count). The average Bonchev–Trinajstić information content (AvgIpc) is 2.48. The van der Waals surface area contributed by atoms with Crippen molar-refractivity contribution in [1.29, 1.82) is 0 Å². The van der Waals surface area contributed by atoms with E-state index in [2.05, 4.69) is 10.6 Å². The molecule has 0 aromatic heterocycles. The van der Waals surface area contributed by atoms with Crippen LogP contribution in [0.4, 0.5) is 5.69 Å². The summed E-state index contributed by atoms with van der Waals surface area (Å²) in [6, 6.07) is 3.42. The van der Waals surface area contributed by atoms with Crippen LogP contribution in [0.5, 0.6) is 11.5 Å². The number of rotatable bonds is 2. The number of piperidine rings is 1. The van der Waals surface area contributed by atoms with Gasteiger partial charge in [0, 0.05) is 18.7 Å². The largest absolute Gasteiger partial charge is 0.486 e. The van der Waals surface area contributed by atoms with Crippen molar-refractivity contribution in [3.05, 3.63) is 17.2 Å². The van der Waals surface area contributed by atoms with Crippen LogP contribution < -0.4 is 20.1 Å². The number of hydrogen-bond donors (Lipinski definition) is 2. The number of nitrogens with one attached hydrogen (secondary N) is 2. The van der Waals surface area contributed by atoms with E-state index in [-0.39, 0.29) is 5.91 Å². The summed E-state index contributed by atoms with van der Waals surface area (Å²) in [4.78, 5) is 12.5. The first-order valence-corrected chi connectivity index (χ1v) is 7.58. The molecule has 0 bridgehead atoms. The van der Waals surface area contributed by atoms with E-state index in [1.54, 1.807) is 12.1 Å². The van der Waals surface area contributed by atoms with Crippen LogP contribution in [0.25, 0.3) is 0 Å². The van der Waals surface area contributed by atoms with E-state index in [9.17, 15) is 4.79 Å². The molecule has 1 fully saturated rings. The van der Waals surface area contributed by atoms with Crippen molar-refractivity contribution >= 4 is 23.2 Å². The lowest BCUT2D eigenvalue weighted by atomic mass is 9.82. The third-order valence-corrected chi connectivity index (χ3v) is 4.34. The smallest absolute Gasteiger partial charge is 0.231 e. The summed E-state index contributed by atoms with van der Waals surface area (Å²) < 4.78 is 11.0. The maximum atomic E-state index is 12.5. The van der Waals surface area contributed by atoms with Gasteiger partial charge in [-0.2, -0.15) is 0 Å². The van der Waals surface area contributed by atoms with Gasteiger partial charge in [-0.15, -0.1) is 0 Å². The molecule has 1 aromatic carbocycles. The van der Waals surface area contributed by atoms with Crippen LogP contribution in [-0.2, 0) is 4.79 Å². The third-order valence-electron chi connectivity index (χ3n) is 4.03. The Morgan fingerprint density at radius 2 is 2.05 bits per heavy atom. The van der Waals surface area contributed by atoms with Crippen LogP contribution in [0.15, 0.2) is 12.1 Å². The molecule has 0 saturated carbocycles.